The van der Waals surface area contributed by atoms with Crippen molar-refractivity contribution < 1.29 is 9.90 Å². The molecular formula is C11H13IO2. The van der Waals surface area contributed by atoms with E-state index in [1.165, 1.54) is 9.13 Å². The van der Waals surface area contributed by atoms with E-state index < -0.39 is 5.97 Å². The first-order valence-corrected chi connectivity index (χ1v) is 5.64. The van der Waals surface area contributed by atoms with Crippen LogP contribution in [0.1, 0.15) is 18.9 Å². The summed E-state index contributed by atoms with van der Waals surface area (Å²) in [5, 5.41) is 8.70. The fraction of sp³-hybridized carbons (Fsp3) is 0.364. The number of hydrogen-bond donors (Lipinski definition) is 1. The van der Waals surface area contributed by atoms with Gasteiger partial charge in [-0.25, -0.2) is 0 Å². The highest BCUT2D eigenvalue weighted by Crippen LogP contribution is 2.12. The third-order valence-corrected chi connectivity index (χ3v) is 2.92. The summed E-state index contributed by atoms with van der Waals surface area (Å²) in [6.45, 7) is 1.75. The van der Waals surface area contributed by atoms with Gasteiger partial charge >= 0.3 is 5.97 Å². The Morgan fingerprint density at radius 1 is 1.43 bits per heavy atom. The molecule has 1 aromatic rings. The molecule has 0 saturated carbocycles. The number of carboxylic acid groups (broad SMARTS) is 1. The van der Waals surface area contributed by atoms with Gasteiger partial charge in [-0.2, -0.15) is 0 Å². The minimum Gasteiger partial charge on any atom is -0.481 e. The third-order valence-electron chi connectivity index (χ3n) is 2.20. The Bertz CT molecular complexity index is 306. The maximum Gasteiger partial charge on any atom is 0.306 e. The van der Waals surface area contributed by atoms with Crippen molar-refractivity contribution in [1.82, 2.24) is 0 Å². The highest BCUT2D eigenvalue weighted by Gasteiger charge is 2.09. The monoisotopic (exact) mass is 304 g/mol. The minimum absolute atomic E-state index is 0.255. The molecule has 0 bridgehead atoms. The lowest BCUT2D eigenvalue weighted by atomic mass is 10.0. The smallest absolute Gasteiger partial charge is 0.306 e. The molecule has 0 amide bonds. The zero-order valence-corrected chi connectivity index (χ0v) is 10.2. The summed E-state index contributed by atoms with van der Waals surface area (Å²) in [5.74, 6) is -0.968. The maximum atomic E-state index is 10.6. The summed E-state index contributed by atoms with van der Waals surface area (Å²) in [6.07, 6.45) is 1.54. The highest BCUT2D eigenvalue weighted by molar-refractivity contribution is 14.1. The van der Waals surface area contributed by atoms with Crippen molar-refractivity contribution in [1.29, 1.82) is 0 Å². The molecule has 14 heavy (non-hydrogen) atoms. The molecule has 0 saturated heterocycles. The van der Waals surface area contributed by atoms with Gasteiger partial charge in [0, 0.05) is 3.57 Å². The van der Waals surface area contributed by atoms with E-state index >= 15 is 0 Å². The fourth-order valence-corrected chi connectivity index (χ4v) is 1.52. The predicted octanol–water partition coefficient (Wildman–Crippen LogP) is 2.94. The largest absolute Gasteiger partial charge is 0.481 e. The zero-order valence-electron chi connectivity index (χ0n) is 8.03. The van der Waals surface area contributed by atoms with Crippen LogP contribution in [0.25, 0.3) is 0 Å². The van der Waals surface area contributed by atoms with Crippen molar-refractivity contribution in [3.63, 3.8) is 0 Å². The maximum absolute atomic E-state index is 10.6. The number of halogens is 1. The predicted molar refractivity (Wildman–Crippen MR) is 64.3 cm³/mol. The van der Waals surface area contributed by atoms with Gasteiger partial charge in [0.15, 0.2) is 0 Å². The summed E-state index contributed by atoms with van der Waals surface area (Å²) >= 11 is 2.25. The second kappa shape index (κ2) is 5.34. The molecule has 0 fully saturated rings. The summed E-state index contributed by atoms with van der Waals surface area (Å²) in [6, 6.07) is 8.19. The Morgan fingerprint density at radius 2 is 2.00 bits per heavy atom. The van der Waals surface area contributed by atoms with Crippen LogP contribution in [-0.4, -0.2) is 11.1 Å². The van der Waals surface area contributed by atoms with Gasteiger partial charge in [-0.1, -0.05) is 19.1 Å². The number of carbonyl (C=O) groups is 1. The van der Waals surface area contributed by atoms with E-state index in [-0.39, 0.29) is 5.92 Å². The van der Waals surface area contributed by atoms with Crippen molar-refractivity contribution in [2.75, 3.05) is 0 Å². The topological polar surface area (TPSA) is 37.3 Å². The van der Waals surface area contributed by atoms with E-state index in [0.29, 0.717) is 6.42 Å². The lowest BCUT2D eigenvalue weighted by Gasteiger charge is -2.05. The van der Waals surface area contributed by atoms with E-state index in [2.05, 4.69) is 34.7 Å². The van der Waals surface area contributed by atoms with Gasteiger partial charge < -0.3 is 5.11 Å². The van der Waals surface area contributed by atoms with Crippen LogP contribution in [0.4, 0.5) is 0 Å². The van der Waals surface area contributed by atoms with Gasteiger partial charge in [0.1, 0.15) is 0 Å². The molecule has 0 aliphatic heterocycles. The first-order chi connectivity index (χ1) is 6.59. The SMILES string of the molecule is CC(CCc1ccc(I)cc1)C(=O)O. The average molecular weight is 304 g/mol. The lowest BCUT2D eigenvalue weighted by Crippen LogP contribution is -2.10. The van der Waals surface area contributed by atoms with Crippen molar-refractivity contribution in [3.05, 3.63) is 33.4 Å². The van der Waals surface area contributed by atoms with Crippen LogP contribution in [0.15, 0.2) is 24.3 Å². The van der Waals surface area contributed by atoms with Crippen LogP contribution >= 0.6 is 22.6 Å². The van der Waals surface area contributed by atoms with Crippen LogP contribution in [-0.2, 0) is 11.2 Å². The van der Waals surface area contributed by atoms with Crippen LogP contribution < -0.4 is 0 Å². The molecule has 0 radical (unpaired) electrons. The van der Waals surface area contributed by atoms with Crippen molar-refractivity contribution in [2.24, 2.45) is 5.92 Å². The van der Waals surface area contributed by atoms with E-state index in [1.54, 1.807) is 6.92 Å². The van der Waals surface area contributed by atoms with Crippen LogP contribution in [0, 0.1) is 9.49 Å². The lowest BCUT2D eigenvalue weighted by molar-refractivity contribution is -0.141. The molecule has 0 heterocycles. The van der Waals surface area contributed by atoms with Gasteiger partial charge in [0.2, 0.25) is 0 Å². The molecule has 76 valence electrons. The molecule has 0 aliphatic rings. The number of carboxylic acids is 1. The normalized spacial score (nSPS) is 12.4. The Morgan fingerprint density at radius 3 is 2.50 bits per heavy atom. The van der Waals surface area contributed by atoms with E-state index in [9.17, 15) is 4.79 Å². The molecule has 1 atom stereocenters. The summed E-state index contributed by atoms with van der Waals surface area (Å²) < 4.78 is 1.21. The Kier molecular flexibility index (Phi) is 4.38. The van der Waals surface area contributed by atoms with E-state index in [4.69, 9.17) is 5.11 Å². The Balaban J connectivity index is 2.46. The quantitative estimate of drug-likeness (QED) is 0.868. The number of rotatable bonds is 4. The molecule has 1 unspecified atom stereocenters. The molecule has 1 N–H and O–H groups in total. The third kappa shape index (κ3) is 3.65. The van der Waals surface area contributed by atoms with Crippen LogP contribution in [0.5, 0.6) is 0 Å². The highest BCUT2D eigenvalue weighted by atomic mass is 127. The zero-order chi connectivity index (χ0) is 10.6. The van der Waals surface area contributed by atoms with Crippen molar-refractivity contribution in [2.45, 2.75) is 19.8 Å². The van der Waals surface area contributed by atoms with E-state index in [1.807, 2.05) is 12.1 Å². The van der Waals surface area contributed by atoms with Crippen LogP contribution in [0.3, 0.4) is 0 Å². The first kappa shape index (κ1) is 11.5. The molecule has 2 nitrogen and oxygen atoms in total. The van der Waals surface area contributed by atoms with Crippen molar-refractivity contribution in [3.8, 4) is 0 Å². The molecule has 0 spiro atoms. The Hall–Kier alpha value is -0.580. The minimum atomic E-state index is -0.712. The molecule has 0 aromatic heterocycles. The average Bonchev–Trinajstić information content (AvgIpc) is 2.16. The molecule has 0 aliphatic carbocycles. The molecular weight excluding hydrogens is 291 g/mol. The summed E-state index contributed by atoms with van der Waals surface area (Å²) in [5.41, 5.74) is 1.21. The molecule has 1 rings (SSSR count). The second-order valence-corrected chi connectivity index (χ2v) is 4.65. The first-order valence-electron chi connectivity index (χ1n) is 4.57. The van der Waals surface area contributed by atoms with Gasteiger partial charge in [0.25, 0.3) is 0 Å². The molecule has 1 aromatic carbocycles. The van der Waals surface area contributed by atoms with E-state index in [0.717, 1.165) is 6.42 Å². The van der Waals surface area contributed by atoms with Gasteiger partial charge in [-0.3, -0.25) is 4.79 Å². The fourth-order valence-electron chi connectivity index (χ4n) is 1.16. The number of aryl methyl sites for hydroxylation is 1. The van der Waals surface area contributed by atoms with Crippen LogP contribution in [0.2, 0.25) is 0 Å². The summed E-state index contributed by atoms with van der Waals surface area (Å²) in [7, 11) is 0. The number of benzene rings is 1. The Labute approximate surface area is 97.5 Å². The van der Waals surface area contributed by atoms with Gasteiger partial charge in [0.05, 0.1) is 5.92 Å². The van der Waals surface area contributed by atoms with Crippen molar-refractivity contribution >= 4 is 28.6 Å². The number of aliphatic carboxylic acids is 1. The van der Waals surface area contributed by atoms with Gasteiger partial charge in [-0.05, 0) is 53.1 Å². The number of hydrogen-bond acceptors (Lipinski definition) is 1. The standard InChI is InChI=1S/C11H13IO2/c1-8(11(13)14)2-3-9-4-6-10(12)7-5-9/h4-8H,2-3H2,1H3,(H,13,14). The van der Waals surface area contributed by atoms with Gasteiger partial charge in [-0.15, -0.1) is 0 Å². The summed E-state index contributed by atoms with van der Waals surface area (Å²) in [4.78, 5) is 10.6. The second-order valence-electron chi connectivity index (χ2n) is 3.40. The molecule has 3 heteroatoms.